The molecule has 1 spiro atoms. The Balaban J connectivity index is 1.02. The third kappa shape index (κ3) is 5.12. The van der Waals surface area contributed by atoms with E-state index >= 15 is 0 Å². The molecule has 0 N–H and O–H groups in total. The number of furan rings is 1. The zero-order valence-electron chi connectivity index (χ0n) is 38.2. The second-order valence-corrected chi connectivity index (χ2v) is 19.0. The minimum atomic E-state index is -0.584. The first kappa shape index (κ1) is 39.1. The second kappa shape index (κ2) is 14.8. The van der Waals surface area contributed by atoms with Crippen molar-refractivity contribution in [2.75, 3.05) is 4.90 Å². The van der Waals surface area contributed by atoms with Gasteiger partial charge in [0.1, 0.15) is 11.2 Å². The number of fused-ring (bicyclic) bond motifs is 17. The largest absolute Gasteiger partial charge is 0.455 e. The highest BCUT2D eigenvalue weighted by Crippen LogP contribution is 2.66. The minimum absolute atomic E-state index is 0.554. The van der Waals surface area contributed by atoms with Gasteiger partial charge in [0.05, 0.1) is 16.5 Å². The van der Waals surface area contributed by atoms with Gasteiger partial charge in [0.2, 0.25) is 0 Å². The van der Waals surface area contributed by atoms with Crippen LogP contribution in [0.2, 0.25) is 0 Å². The molecule has 1 atom stereocenters. The van der Waals surface area contributed by atoms with Gasteiger partial charge in [-0.25, -0.2) is 0 Å². The lowest BCUT2D eigenvalue weighted by molar-refractivity contribution is 0.669. The van der Waals surface area contributed by atoms with Gasteiger partial charge in [-0.2, -0.15) is 0 Å². The van der Waals surface area contributed by atoms with E-state index in [0.717, 1.165) is 39.0 Å². The third-order valence-electron chi connectivity index (χ3n) is 15.8. The smallest absolute Gasteiger partial charge is 0.143 e. The fourth-order valence-electron chi connectivity index (χ4n) is 13.0. The van der Waals surface area contributed by atoms with Crippen LogP contribution in [0.3, 0.4) is 0 Å². The first-order valence-electron chi connectivity index (χ1n) is 24.3. The Hall–Kier alpha value is -8.98. The van der Waals surface area contributed by atoms with E-state index in [9.17, 15) is 0 Å². The van der Waals surface area contributed by atoms with Crippen molar-refractivity contribution in [1.29, 1.82) is 0 Å². The van der Waals surface area contributed by atoms with Crippen LogP contribution < -0.4 is 4.90 Å². The van der Waals surface area contributed by atoms with Gasteiger partial charge in [0, 0.05) is 33.3 Å². The monoisotopic (exact) mass is 889 g/mol. The van der Waals surface area contributed by atoms with Gasteiger partial charge in [-0.1, -0.05) is 224 Å². The van der Waals surface area contributed by atoms with Gasteiger partial charge in [0.15, 0.2) is 0 Å². The summed E-state index contributed by atoms with van der Waals surface area (Å²) in [4.78, 5) is 2.53. The third-order valence-corrected chi connectivity index (χ3v) is 15.8. The van der Waals surface area contributed by atoms with Crippen molar-refractivity contribution in [2.24, 2.45) is 0 Å². The average molecular weight is 890 g/mol. The summed E-state index contributed by atoms with van der Waals surface area (Å²) in [5, 5.41) is 2.29. The minimum Gasteiger partial charge on any atom is -0.455 e. The van der Waals surface area contributed by atoms with Crippen molar-refractivity contribution in [3.8, 4) is 44.5 Å². The van der Waals surface area contributed by atoms with E-state index in [0.29, 0.717) is 0 Å². The van der Waals surface area contributed by atoms with E-state index < -0.39 is 10.8 Å². The van der Waals surface area contributed by atoms with Crippen molar-refractivity contribution >= 4 is 39.0 Å². The molecule has 0 radical (unpaired) electrons. The summed E-state index contributed by atoms with van der Waals surface area (Å²) in [5.41, 5.74) is 24.0. The first-order valence-corrected chi connectivity index (χ1v) is 24.3. The number of hydrogen-bond acceptors (Lipinski definition) is 2. The highest BCUT2D eigenvalue weighted by Gasteiger charge is 2.53. The lowest BCUT2D eigenvalue weighted by Gasteiger charge is -2.35. The topological polar surface area (TPSA) is 16.4 Å². The number of nitrogens with zero attached hydrogens (tertiary/aromatic N) is 1. The molecule has 1 heterocycles. The predicted octanol–water partition coefficient (Wildman–Crippen LogP) is 17.4. The normalized spacial score (nSPS) is 15.3. The number of anilines is 3. The molecule has 2 heteroatoms. The summed E-state index contributed by atoms with van der Waals surface area (Å²) in [6, 6.07) is 96.7. The summed E-state index contributed by atoms with van der Waals surface area (Å²) >= 11 is 0. The molecule has 1 aromatic heterocycles. The van der Waals surface area contributed by atoms with Crippen molar-refractivity contribution in [3.05, 3.63) is 305 Å². The lowest BCUT2D eigenvalue weighted by atomic mass is 9.67. The van der Waals surface area contributed by atoms with E-state index in [-0.39, 0.29) is 0 Å². The summed E-state index contributed by atoms with van der Waals surface area (Å²) < 4.78 is 6.88. The predicted molar refractivity (Wildman–Crippen MR) is 287 cm³/mol. The Morgan fingerprint density at radius 2 is 0.814 bits per heavy atom. The molecule has 15 rings (SSSR count). The van der Waals surface area contributed by atoms with E-state index in [1.165, 1.54) is 89.0 Å². The zero-order chi connectivity index (χ0) is 46.0. The summed E-state index contributed by atoms with van der Waals surface area (Å²) in [6.45, 7) is 0. The summed E-state index contributed by atoms with van der Waals surface area (Å²) in [7, 11) is 0. The molecule has 12 aromatic rings. The van der Waals surface area contributed by atoms with Gasteiger partial charge < -0.3 is 9.32 Å². The molecule has 70 heavy (non-hydrogen) atoms. The molecule has 0 fully saturated rings. The van der Waals surface area contributed by atoms with Gasteiger partial charge >= 0.3 is 0 Å². The highest BCUT2D eigenvalue weighted by atomic mass is 16.3. The number of para-hydroxylation sites is 1. The molecule has 0 saturated heterocycles. The van der Waals surface area contributed by atoms with Crippen LogP contribution in [0.25, 0.3) is 66.4 Å². The Morgan fingerprint density at radius 1 is 0.300 bits per heavy atom. The van der Waals surface area contributed by atoms with Crippen LogP contribution in [0.1, 0.15) is 44.5 Å². The van der Waals surface area contributed by atoms with Crippen LogP contribution in [0, 0.1) is 0 Å². The van der Waals surface area contributed by atoms with E-state index in [1.54, 1.807) is 0 Å². The Kier molecular flexibility index (Phi) is 8.24. The molecular formula is C68H43NO. The van der Waals surface area contributed by atoms with Crippen LogP contribution >= 0.6 is 0 Å². The molecule has 3 aliphatic carbocycles. The second-order valence-electron chi connectivity index (χ2n) is 19.0. The molecule has 0 bridgehead atoms. The number of hydrogen-bond donors (Lipinski definition) is 0. The maximum atomic E-state index is 6.88. The number of benzene rings is 11. The molecule has 1 unspecified atom stereocenters. The van der Waals surface area contributed by atoms with Crippen LogP contribution in [0.15, 0.2) is 265 Å². The summed E-state index contributed by atoms with van der Waals surface area (Å²) in [5.74, 6) is 0. The fraction of sp³-hybridized carbons (Fsp3) is 0.0294. The van der Waals surface area contributed by atoms with Gasteiger partial charge in [-0.05, 0) is 114 Å². The molecule has 11 aromatic carbocycles. The van der Waals surface area contributed by atoms with Crippen LogP contribution in [-0.4, -0.2) is 0 Å². The van der Waals surface area contributed by atoms with Gasteiger partial charge in [0.25, 0.3) is 0 Å². The SMILES string of the molecule is c1ccc(-c2ccc(N(c3ccc4c(c3)C(c3ccccc3)(c3ccccc3)c3ccccc3-4)c3cccc4c3-c3ccccc3C43c4ccccc4-c4c3ccc3c4oc4ccccc43)cc2)cc1. The maximum absolute atomic E-state index is 6.88. The van der Waals surface area contributed by atoms with Crippen molar-refractivity contribution in [3.63, 3.8) is 0 Å². The Morgan fingerprint density at radius 3 is 1.51 bits per heavy atom. The van der Waals surface area contributed by atoms with Crippen molar-refractivity contribution < 1.29 is 4.42 Å². The van der Waals surface area contributed by atoms with E-state index in [1.807, 2.05) is 0 Å². The maximum Gasteiger partial charge on any atom is 0.143 e. The molecule has 2 nitrogen and oxygen atoms in total. The lowest BCUT2D eigenvalue weighted by Crippen LogP contribution is -2.28. The van der Waals surface area contributed by atoms with Crippen LogP contribution in [0.5, 0.6) is 0 Å². The van der Waals surface area contributed by atoms with Crippen LogP contribution in [0.4, 0.5) is 17.1 Å². The molecular weight excluding hydrogens is 847 g/mol. The quantitative estimate of drug-likeness (QED) is 0.165. The Bertz CT molecular complexity index is 4020. The average Bonchev–Trinajstić information content (AvgIpc) is 4.15. The number of rotatable bonds is 6. The highest BCUT2D eigenvalue weighted by molar-refractivity contribution is 6.13. The van der Waals surface area contributed by atoms with E-state index in [2.05, 4.69) is 266 Å². The van der Waals surface area contributed by atoms with Gasteiger partial charge in [-0.15, -0.1) is 0 Å². The van der Waals surface area contributed by atoms with E-state index in [4.69, 9.17) is 4.42 Å². The molecule has 0 saturated carbocycles. The zero-order valence-corrected chi connectivity index (χ0v) is 38.2. The van der Waals surface area contributed by atoms with Gasteiger partial charge in [-0.3, -0.25) is 0 Å². The summed E-state index contributed by atoms with van der Waals surface area (Å²) in [6.07, 6.45) is 0. The first-order chi connectivity index (χ1) is 34.7. The molecule has 326 valence electrons. The fourth-order valence-corrected chi connectivity index (χ4v) is 13.0. The molecule has 0 aliphatic heterocycles. The van der Waals surface area contributed by atoms with Crippen LogP contribution in [-0.2, 0) is 10.8 Å². The molecule has 3 aliphatic rings. The standard InChI is InChI=1S/C68H43NO/c1-4-19-44(20-5-1)45-35-37-48(38-36-45)69(49-39-40-51-50-25-10-14-29-56(50)67(61(51)43-49,46-21-6-2-7-22-46)47-23-8-3-9-24-47)62-33-18-32-59-64(62)54-27-11-15-30-57(54)68(59)58-31-16-12-28-55(58)65-60(68)42-41-53-52-26-13-17-34-63(52)70-66(53)65/h1-43H. The molecule has 0 amide bonds. The Labute approximate surface area is 407 Å². The van der Waals surface area contributed by atoms with Crippen molar-refractivity contribution in [2.45, 2.75) is 10.8 Å². The van der Waals surface area contributed by atoms with Crippen molar-refractivity contribution in [1.82, 2.24) is 0 Å².